The zero-order valence-corrected chi connectivity index (χ0v) is 13.9. The van der Waals surface area contributed by atoms with Gasteiger partial charge in [0.1, 0.15) is 6.17 Å². The Morgan fingerprint density at radius 2 is 1.86 bits per heavy atom. The molecule has 1 aromatic rings. The lowest BCUT2D eigenvalue weighted by molar-refractivity contribution is -0.131. The van der Waals surface area contributed by atoms with E-state index in [1.165, 1.54) is 11.1 Å². The van der Waals surface area contributed by atoms with Crippen LogP contribution in [0, 0.1) is 18.8 Å². The Morgan fingerprint density at radius 3 is 2.43 bits per heavy atom. The van der Waals surface area contributed by atoms with Gasteiger partial charge in [-0.25, -0.2) is 0 Å². The van der Waals surface area contributed by atoms with E-state index in [0.29, 0.717) is 11.8 Å². The molecule has 2 rings (SSSR count). The number of benzene rings is 1. The largest absolute Gasteiger partial charge is 0.322 e. The number of aryl methyl sites for hydroxylation is 1. The number of carbonyl (C=O) groups is 1. The van der Waals surface area contributed by atoms with Crippen LogP contribution in [-0.4, -0.2) is 23.4 Å². The molecule has 2 atom stereocenters. The van der Waals surface area contributed by atoms with Crippen molar-refractivity contribution in [3.05, 3.63) is 35.4 Å². The second-order valence-corrected chi connectivity index (χ2v) is 6.86. The lowest BCUT2D eigenvalue weighted by Gasteiger charge is -2.26. The molecule has 0 aliphatic carbocycles. The lowest BCUT2D eigenvalue weighted by Crippen LogP contribution is -2.35. The Kier molecular flexibility index (Phi) is 5.04. The Morgan fingerprint density at radius 1 is 1.19 bits per heavy atom. The van der Waals surface area contributed by atoms with E-state index in [-0.39, 0.29) is 18.1 Å². The first kappa shape index (κ1) is 16.0. The molecule has 1 aromatic carbocycles. The summed E-state index contributed by atoms with van der Waals surface area (Å²) in [6, 6.07) is 8.28. The van der Waals surface area contributed by atoms with E-state index in [9.17, 15) is 4.79 Å². The number of hydrogen-bond acceptors (Lipinski definition) is 2. The molecule has 2 unspecified atom stereocenters. The number of carbonyl (C=O) groups excluding carboxylic acids is 1. The minimum Gasteiger partial charge on any atom is -0.322 e. The number of nitrogens with zero attached hydrogens (tertiary/aromatic N) is 1. The van der Waals surface area contributed by atoms with Gasteiger partial charge in [0.2, 0.25) is 5.91 Å². The van der Waals surface area contributed by atoms with Gasteiger partial charge >= 0.3 is 0 Å². The summed E-state index contributed by atoms with van der Waals surface area (Å²) in [5.41, 5.74) is 2.46. The molecule has 1 amide bonds. The summed E-state index contributed by atoms with van der Waals surface area (Å²) in [4.78, 5) is 14.8. The minimum atomic E-state index is -0.0678. The smallest absolute Gasteiger partial charge is 0.241 e. The SMILES string of the molecule is Cc1ccccc1C1NC(C(C)C)C(=O)N1CCC(C)C. The summed E-state index contributed by atoms with van der Waals surface area (Å²) in [5, 5.41) is 3.55. The van der Waals surface area contributed by atoms with Crippen LogP contribution in [0.4, 0.5) is 0 Å². The molecule has 1 aliphatic rings. The highest BCUT2D eigenvalue weighted by molar-refractivity contribution is 5.85. The standard InChI is InChI=1S/C18H28N2O/c1-12(2)10-11-20-17(15-9-7-6-8-14(15)5)19-16(13(3)4)18(20)21/h6-9,12-13,16-17,19H,10-11H2,1-5H3. The predicted octanol–water partition coefficient (Wildman–Crippen LogP) is 3.50. The second kappa shape index (κ2) is 6.61. The van der Waals surface area contributed by atoms with E-state index in [1.54, 1.807) is 0 Å². The summed E-state index contributed by atoms with van der Waals surface area (Å²) < 4.78 is 0. The van der Waals surface area contributed by atoms with Gasteiger partial charge in [-0.15, -0.1) is 0 Å². The zero-order chi connectivity index (χ0) is 15.6. The zero-order valence-electron chi connectivity index (χ0n) is 13.9. The van der Waals surface area contributed by atoms with Gasteiger partial charge in [0.05, 0.1) is 6.04 Å². The summed E-state index contributed by atoms with van der Waals surface area (Å²) in [6.07, 6.45) is 1.06. The lowest BCUT2D eigenvalue weighted by atomic mass is 10.0. The highest BCUT2D eigenvalue weighted by Crippen LogP contribution is 2.30. The fourth-order valence-corrected chi connectivity index (χ4v) is 2.90. The van der Waals surface area contributed by atoms with Gasteiger partial charge in [-0.2, -0.15) is 0 Å². The molecule has 0 spiro atoms. The van der Waals surface area contributed by atoms with Crippen molar-refractivity contribution < 1.29 is 4.79 Å². The average Bonchev–Trinajstić information content (AvgIpc) is 2.74. The quantitative estimate of drug-likeness (QED) is 0.899. The average molecular weight is 288 g/mol. The van der Waals surface area contributed by atoms with E-state index in [2.05, 4.69) is 58.1 Å². The number of hydrogen-bond donors (Lipinski definition) is 1. The van der Waals surface area contributed by atoms with Gasteiger partial charge in [-0.1, -0.05) is 52.0 Å². The van der Waals surface area contributed by atoms with Gasteiger partial charge in [0, 0.05) is 6.54 Å². The van der Waals surface area contributed by atoms with Crippen LogP contribution in [0.15, 0.2) is 24.3 Å². The monoisotopic (exact) mass is 288 g/mol. The van der Waals surface area contributed by atoms with E-state index < -0.39 is 0 Å². The van der Waals surface area contributed by atoms with Crippen LogP contribution in [0.1, 0.15) is 51.4 Å². The third-order valence-electron chi connectivity index (χ3n) is 4.30. The molecule has 0 radical (unpaired) electrons. The highest BCUT2D eigenvalue weighted by Gasteiger charge is 2.40. The summed E-state index contributed by atoms with van der Waals surface area (Å²) in [6.45, 7) is 11.6. The summed E-state index contributed by atoms with van der Waals surface area (Å²) in [7, 11) is 0. The van der Waals surface area contributed by atoms with Crippen molar-refractivity contribution in [2.24, 2.45) is 11.8 Å². The summed E-state index contributed by atoms with van der Waals surface area (Å²) in [5.74, 6) is 1.17. The van der Waals surface area contributed by atoms with E-state index >= 15 is 0 Å². The van der Waals surface area contributed by atoms with Crippen LogP contribution < -0.4 is 5.32 Å². The number of amides is 1. The maximum Gasteiger partial charge on any atom is 0.241 e. The molecular weight excluding hydrogens is 260 g/mol. The third-order valence-corrected chi connectivity index (χ3v) is 4.30. The molecule has 0 aromatic heterocycles. The number of nitrogens with one attached hydrogen (secondary N) is 1. The van der Waals surface area contributed by atoms with Crippen molar-refractivity contribution in [3.8, 4) is 0 Å². The van der Waals surface area contributed by atoms with Gasteiger partial charge < -0.3 is 4.90 Å². The Bertz CT molecular complexity index is 496. The van der Waals surface area contributed by atoms with Gasteiger partial charge in [0.25, 0.3) is 0 Å². The Balaban J connectivity index is 2.28. The highest BCUT2D eigenvalue weighted by atomic mass is 16.2. The third kappa shape index (κ3) is 3.46. The van der Waals surface area contributed by atoms with E-state index in [0.717, 1.165) is 13.0 Å². The Hall–Kier alpha value is -1.35. The second-order valence-electron chi connectivity index (χ2n) is 6.86. The van der Waals surface area contributed by atoms with Gasteiger partial charge in [-0.05, 0) is 36.3 Å². The molecule has 21 heavy (non-hydrogen) atoms. The fraction of sp³-hybridized carbons (Fsp3) is 0.611. The summed E-state index contributed by atoms with van der Waals surface area (Å²) >= 11 is 0. The van der Waals surface area contributed by atoms with Crippen molar-refractivity contribution >= 4 is 5.91 Å². The molecule has 1 N–H and O–H groups in total. The molecule has 0 bridgehead atoms. The van der Waals surface area contributed by atoms with Crippen LogP contribution in [0.2, 0.25) is 0 Å². The maximum absolute atomic E-state index is 12.7. The molecule has 0 saturated carbocycles. The van der Waals surface area contributed by atoms with Crippen molar-refractivity contribution in [1.82, 2.24) is 10.2 Å². The molecule has 1 heterocycles. The molecule has 1 aliphatic heterocycles. The maximum atomic E-state index is 12.7. The van der Waals surface area contributed by atoms with Gasteiger partial charge in [0.15, 0.2) is 0 Å². The molecule has 1 saturated heterocycles. The van der Waals surface area contributed by atoms with Crippen LogP contribution in [0.3, 0.4) is 0 Å². The normalized spacial score (nSPS) is 22.6. The van der Waals surface area contributed by atoms with Crippen LogP contribution >= 0.6 is 0 Å². The molecule has 116 valence electrons. The predicted molar refractivity (Wildman–Crippen MR) is 86.8 cm³/mol. The molecule has 1 fully saturated rings. The van der Waals surface area contributed by atoms with Crippen molar-refractivity contribution in [2.75, 3.05) is 6.54 Å². The molecular formula is C18H28N2O. The first-order valence-corrected chi connectivity index (χ1v) is 8.04. The van der Waals surface area contributed by atoms with Crippen LogP contribution in [0.5, 0.6) is 0 Å². The number of rotatable bonds is 5. The van der Waals surface area contributed by atoms with Gasteiger partial charge in [-0.3, -0.25) is 10.1 Å². The van der Waals surface area contributed by atoms with Crippen LogP contribution in [-0.2, 0) is 4.79 Å². The molecule has 3 heteroatoms. The van der Waals surface area contributed by atoms with Crippen molar-refractivity contribution in [3.63, 3.8) is 0 Å². The van der Waals surface area contributed by atoms with E-state index in [4.69, 9.17) is 0 Å². The first-order valence-electron chi connectivity index (χ1n) is 8.04. The fourth-order valence-electron chi connectivity index (χ4n) is 2.90. The van der Waals surface area contributed by atoms with Crippen molar-refractivity contribution in [2.45, 2.75) is 53.2 Å². The van der Waals surface area contributed by atoms with Crippen LogP contribution in [0.25, 0.3) is 0 Å². The Labute approximate surface area is 128 Å². The topological polar surface area (TPSA) is 32.3 Å². The first-order chi connectivity index (χ1) is 9.91. The minimum absolute atomic E-state index is 0.0184. The van der Waals surface area contributed by atoms with Crippen molar-refractivity contribution in [1.29, 1.82) is 0 Å². The molecule has 3 nitrogen and oxygen atoms in total. The van der Waals surface area contributed by atoms with E-state index in [1.807, 2.05) is 11.0 Å².